The van der Waals surface area contributed by atoms with Crippen molar-refractivity contribution in [3.8, 4) is 0 Å². The van der Waals surface area contributed by atoms with E-state index in [1.165, 1.54) is 37.4 Å². The zero-order chi connectivity index (χ0) is 23.3. The number of hydrogen-bond donors (Lipinski definition) is 1. The highest BCUT2D eigenvalue weighted by molar-refractivity contribution is 7.92. The van der Waals surface area contributed by atoms with E-state index in [1.807, 2.05) is 0 Å². The molecular formula is C22H18ClFN2O5S. The molecule has 1 N–H and O–H groups in total. The average Bonchev–Trinajstić information content (AvgIpc) is 2.79. The molecule has 10 heteroatoms. The van der Waals surface area contributed by atoms with Crippen molar-refractivity contribution < 1.29 is 27.1 Å². The fourth-order valence-corrected chi connectivity index (χ4v) is 4.46. The number of hydrogen-bond acceptors (Lipinski definition) is 5. The maximum atomic E-state index is 13.3. The number of rotatable bonds is 7. The van der Waals surface area contributed by atoms with Crippen molar-refractivity contribution in [1.29, 1.82) is 0 Å². The third-order valence-electron chi connectivity index (χ3n) is 4.39. The van der Waals surface area contributed by atoms with Crippen LogP contribution in [0.15, 0.2) is 77.7 Å². The molecule has 3 aromatic rings. The first-order valence-electron chi connectivity index (χ1n) is 9.23. The Kier molecular flexibility index (Phi) is 7.12. The second-order valence-corrected chi connectivity index (χ2v) is 8.81. The molecular weight excluding hydrogens is 459 g/mol. The number of sulfonamides is 1. The minimum Gasteiger partial charge on any atom is -0.465 e. The van der Waals surface area contributed by atoms with E-state index in [0.717, 1.165) is 28.6 Å². The number of ether oxygens (including phenoxy) is 1. The van der Waals surface area contributed by atoms with Crippen LogP contribution in [0.5, 0.6) is 0 Å². The Morgan fingerprint density at radius 2 is 1.69 bits per heavy atom. The van der Waals surface area contributed by atoms with E-state index in [2.05, 4.69) is 10.1 Å². The summed E-state index contributed by atoms with van der Waals surface area (Å²) in [7, 11) is -2.98. The first kappa shape index (κ1) is 23.2. The molecule has 0 aromatic heterocycles. The summed E-state index contributed by atoms with van der Waals surface area (Å²) in [6, 6.07) is 16.5. The normalized spacial score (nSPS) is 11.0. The number of benzene rings is 3. The van der Waals surface area contributed by atoms with Gasteiger partial charge in [-0.05, 0) is 54.6 Å². The van der Waals surface area contributed by atoms with Gasteiger partial charge in [-0.1, -0.05) is 29.8 Å². The number of para-hydroxylation sites is 1. The summed E-state index contributed by atoms with van der Waals surface area (Å²) in [6.07, 6.45) is 0. The molecule has 0 aliphatic rings. The van der Waals surface area contributed by atoms with E-state index in [0.29, 0.717) is 0 Å². The van der Waals surface area contributed by atoms with Gasteiger partial charge < -0.3 is 10.1 Å². The van der Waals surface area contributed by atoms with Crippen molar-refractivity contribution in [3.63, 3.8) is 0 Å². The molecule has 0 aliphatic carbocycles. The Balaban J connectivity index is 1.90. The van der Waals surface area contributed by atoms with E-state index in [-0.39, 0.29) is 26.9 Å². The lowest BCUT2D eigenvalue weighted by molar-refractivity contribution is -0.114. The van der Waals surface area contributed by atoms with E-state index < -0.39 is 34.3 Å². The van der Waals surface area contributed by atoms with Gasteiger partial charge >= 0.3 is 5.97 Å². The fourth-order valence-electron chi connectivity index (χ4n) is 2.84. The van der Waals surface area contributed by atoms with Crippen LogP contribution in [-0.2, 0) is 19.6 Å². The molecule has 0 fully saturated rings. The summed E-state index contributed by atoms with van der Waals surface area (Å²) in [6.45, 7) is -0.570. The van der Waals surface area contributed by atoms with Gasteiger partial charge in [0.25, 0.3) is 10.0 Å². The summed E-state index contributed by atoms with van der Waals surface area (Å²) >= 11 is 5.98. The molecule has 3 rings (SSSR count). The van der Waals surface area contributed by atoms with Crippen molar-refractivity contribution in [1.82, 2.24) is 0 Å². The van der Waals surface area contributed by atoms with Crippen molar-refractivity contribution >= 4 is 44.9 Å². The second-order valence-electron chi connectivity index (χ2n) is 6.54. The molecule has 32 heavy (non-hydrogen) atoms. The number of nitrogens with zero attached hydrogens (tertiary/aromatic N) is 1. The van der Waals surface area contributed by atoms with Gasteiger partial charge in [0, 0.05) is 5.69 Å². The molecule has 7 nitrogen and oxygen atoms in total. The standard InChI is InChI=1S/C22H18ClFN2O5S/c1-31-22(28)19-13-16(9-12-20(19)23)25-21(27)14-26(17-5-3-2-4-6-17)32(29,30)18-10-7-15(24)8-11-18/h2-13H,14H2,1H3,(H,25,27). The summed E-state index contributed by atoms with van der Waals surface area (Å²) in [4.78, 5) is 24.4. The van der Waals surface area contributed by atoms with Crippen LogP contribution in [-0.4, -0.2) is 33.9 Å². The van der Waals surface area contributed by atoms with Crippen LogP contribution >= 0.6 is 11.6 Å². The molecule has 0 unspecified atom stereocenters. The molecule has 3 aromatic carbocycles. The maximum absolute atomic E-state index is 13.3. The smallest absolute Gasteiger partial charge is 0.339 e. The number of carbonyl (C=O) groups excluding carboxylic acids is 2. The van der Waals surface area contributed by atoms with E-state index in [1.54, 1.807) is 18.2 Å². The highest BCUT2D eigenvalue weighted by atomic mass is 35.5. The van der Waals surface area contributed by atoms with Crippen LogP contribution in [0.1, 0.15) is 10.4 Å². The molecule has 0 spiro atoms. The SMILES string of the molecule is COC(=O)c1cc(NC(=O)CN(c2ccccc2)S(=O)(=O)c2ccc(F)cc2)ccc1Cl. The number of amides is 1. The predicted octanol–water partition coefficient (Wildman–Crippen LogP) is 4.10. The number of esters is 1. The highest BCUT2D eigenvalue weighted by Gasteiger charge is 2.27. The molecule has 166 valence electrons. The largest absolute Gasteiger partial charge is 0.465 e. The number of nitrogens with one attached hydrogen (secondary N) is 1. The third-order valence-corrected chi connectivity index (χ3v) is 6.51. The van der Waals surface area contributed by atoms with Crippen molar-refractivity contribution in [3.05, 3.63) is 89.2 Å². The highest BCUT2D eigenvalue weighted by Crippen LogP contribution is 2.25. The van der Waals surface area contributed by atoms with Gasteiger partial charge in [-0.25, -0.2) is 17.6 Å². The van der Waals surface area contributed by atoms with Crippen LogP contribution in [0.2, 0.25) is 5.02 Å². The van der Waals surface area contributed by atoms with Crippen LogP contribution in [0.3, 0.4) is 0 Å². The van der Waals surface area contributed by atoms with Gasteiger partial charge in [-0.15, -0.1) is 0 Å². The molecule has 0 bridgehead atoms. The van der Waals surface area contributed by atoms with Gasteiger partial charge in [0.1, 0.15) is 12.4 Å². The third kappa shape index (κ3) is 5.24. The molecule has 0 radical (unpaired) electrons. The lowest BCUT2D eigenvalue weighted by Gasteiger charge is -2.24. The van der Waals surface area contributed by atoms with Gasteiger partial charge in [0.15, 0.2) is 0 Å². The van der Waals surface area contributed by atoms with Gasteiger partial charge in [-0.3, -0.25) is 9.10 Å². The van der Waals surface area contributed by atoms with Gasteiger partial charge in [0.2, 0.25) is 5.91 Å². The number of halogens is 2. The maximum Gasteiger partial charge on any atom is 0.339 e. The fraction of sp³-hybridized carbons (Fsp3) is 0.0909. The zero-order valence-electron chi connectivity index (χ0n) is 16.8. The lowest BCUT2D eigenvalue weighted by Crippen LogP contribution is -2.38. The van der Waals surface area contributed by atoms with Crippen LogP contribution in [0, 0.1) is 5.82 Å². The van der Waals surface area contributed by atoms with E-state index >= 15 is 0 Å². The second kappa shape index (κ2) is 9.80. The van der Waals surface area contributed by atoms with E-state index in [4.69, 9.17) is 11.6 Å². The molecule has 0 atom stereocenters. The Bertz CT molecular complexity index is 1230. The van der Waals surface area contributed by atoms with Crippen molar-refractivity contribution in [2.75, 3.05) is 23.3 Å². The first-order valence-corrected chi connectivity index (χ1v) is 11.1. The Morgan fingerprint density at radius 3 is 2.31 bits per heavy atom. The van der Waals surface area contributed by atoms with E-state index in [9.17, 15) is 22.4 Å². The molecule has 1 amide bonds. The average molecular weight is 477 g/mol. The Morgan fingerprint density at radius 1 is 1.03 bits per heavy atom. The summed E-state index contributed by atoms with van der Waals surface area (Å²) in [5, 5.41) is 2.69. The van der Waals surface area contributed by atoms with Crippen LogP contribution in [0.25, 0.3) is 0 Å². The zero-order valence-corrected chi connectivity index (χ0v) is 18.4. The number of methoxy groups -OCH3 is 1. The minimum atomic E-state index is -4.18. The molecule has 0 saturated carbocycles. The quantitative estimate of drug-likeness (QED) is 0.518. The molecule has 0 heterocycles. The summed E-state index contributed by atoms with van der Waals surface area (Å²) < 4.78 is 45.2. The number of carbonyl (C=O) groups is 2. The Hall–Kier alpha value is -3.43. The molecule has 0 saturated heterocycles. The first-order chi connectivity index (χ1) is 15.2. The summed E-state index contributed by atoms with van der Waals surface area (Å²) in [5.74, 6) is -1.94. The van der Waals surface area contributed by atoms with Crippen molar-refractivity contribution in [2.24, 2.45) is 0 Å². The minimum absolute atomic E-state index is 0.0471. The van der Waals surface area contributed by atoms with Crippen molar-refractivity contribution in [2.45, 2.75) is 4.90 Å². The lowest BCUT2D eigenvalue weighted by atomic mass is 10.2. The Labute approximate surface area is 189 Å². The summed E-state index contributed by atoms with van der Waals surface area (Å²) in [5.41, 5.74) is 0.524. The monoisotopic (exact) mass is 476 g/mol. The van der Waals surface area contributed by atoms with Gasteiger partial charge in [-0.2, -0.15) is 0 Å². The van der Waals surface area contributed by atoms with Gasteiger partial charge in [0.05, 0.1) is 28.3 Å². The topological polar surface area (TPSA) is 92.8 Å². The predicted molar refractivity (Wildman–Crippen MR) is 119 cm³/mol. The van der Waals surface area contributed by atoms with Crippen LogP contribution in [0.4, 0.5) is 15.8 Å². The van der Waals surface area contributed by atoms with Crippen LogP contribution < -0.4 is 9.62 Å². The molecule has 0 aliphatic heterocycles. The number of anilines is 2.